The molecule has 0 fully saturated rings. The molecule has 0 aliphatic heterocycles. The third kappa shape index (κ3) is 2.06. The van der Waals surface area contributed by atoms with Gasteiger partial charge in [-0.3, -0.25) is 0 Å². The van der Waals surface area contributed by atoms with Gasteiger partial charge >= 0.3 is 5.97 Å². The molecular weight excluding hydrogens is 250 g/mol. The van der Waals surface area contributed by atoms with Gasteiger partial charge in [-0.2, -0.15) is 0 Å². The number of nitrogens with one attached hydrogen (secondary N) is 1. The van der Waals surface area contributed by atoms with E-state index in [9.17, 15) is 4.79 Å². The van der Waals surface area contributed by atoms with Crippen LogP contribution in [0.4, 0.5) is 10.9 Å². The molecule has 2 aromatic rings. The second-order valence-electron chi connectivity index (χ2n) is 4.08. The van der Waals surface area contributed by atoms with Gasteiger partial charge in [0.05, 0.1) is 5.69 Å². The van der Waals surface area contributed by atoms with E-state index in [0.29, 0.717) is 5.82 Å². The summed E-state index contributed by atoms with van der Waals surface area (Å²) in [6, 6.07) is 4.87. The van der Waals surface area contributed by atoms with Crippen molar-refractivity contribution >= 4 is 28.3 Å². The van der Waals surface area contributed by atoms with Gasteiger partial charge in [0.25, 0.3) is 0 Å². The van der Waals surface area contributed by atoms with E-state index in [4.69, 9.17) is 5.11 Å². The molecule has 0 unspecified atom stereocenters. The highest BCUT2D eigenvalue weighted by molar-refractivity contribution is 7.15. The Bertz CT molecular complexity index is 588. The lowest BCUT2D eigenvalue weighted by atomic mass is 10.3. The fraction of sp³-hybridized carbons (Fsp3) is 0.250. The Morgan fingerprint density at radius 3 is 3.00 bits per heavy atom. The summed E-state index contributed by atoms with van der Waals surface area (Å²) in [6.07, 6.45) is 3.31. The Kier molecular flexibility index (Phi) is 2.71. The predicted octanol–water partition coefficient (Wildman–Crippen LogP) is 2.47. The maximum absolute atomic E-state index is 10.8. The minimum atomic E-state index is -1.03. The van der Waals surface area contributed by atoms with Gasteiger partial charge in [0.15, 0.2) is 10.8 Å². The molecule has 3 rings (SSSR count). The molecule has 1 aliphatic rings. The Morgan fingerprint density at radius 1 is 1.33 bits per heavy atom. The zero-order valence-corrected chi connectivity index (χ0v) is 10.3. The molecular formula is C12H11N3O2S. The third-order valence-electron chi connectivity index (χ3n) is 2.80. The summed E-state index contributed by atoms with van der Waals surface area (Å²) < 4.78 is 0. The zero-order chi connectivity index (χ0) is 12.5. The molecule has 1 aliphatic carbocycles. The molecule has 92 valence electrons. The lowest BCUT2D eigenvalue weighted by Gasteiger charge is -2.02. The summed E-state index contributed by atoms with van der Waals surface area (Å²) >= 11 is 1.62. The first-order valence-electron chi connectivity index (χ1n) is 5.68. The highest BCUT2D eigenvalue weighted by atomic mass is 32.1. The monoisotopic (exact) mass is 261 g/mol. The van der Waals surface area contributed by atoms with Crippen LogP contribution in [-0.2, 0) is 12.8 Å². The molecule has 0 radical (unpaired) electrons. The number of carboxylic acids is 1. The van der Waals surface area contributed by atoms with Gasteiger partial charge in [-0.25, -0.2) is 14.8 Å². The number of pyridine rings is 1. The van der Waals surface area contributed by atoms with E-state index in [2.05, 4.69) is 15.3 Å². The molecule has 2 aromatic heterocycles. The highest BCUT2D eigenvalue weighted by Gasteiger charge is 2.17. The van der Waals surface area contributed by atoms with Gasteiger partial charge in [-0.15, -0.1) is 11.3 Å². The van der Waals surface area contributed by atoms with Crippen molar-refractivity contribution in [1.29, 1.82) is 0 Å². The van der Waals surface area contributed by atoms with Crippen LogP contribution in [0.3, 0.4) is 0 Å². The average Bonchev–Trinajstić information content (AvgIpc) is 2.90. The summed E-state index contributed by atoms with van der Waals surface area (Å²) in [5, 5.41) is 12.7. The Balaban J connectivity index is 1.83. The molecule has 0 amide bonds. The van der Waals surface area contributed by atoms with E-state index in [1.807, 2.05) is 0 Å². The van der Waals surface area contributed by atoms with Crippen molar-refractivity contribution in [2.75, 3.05) is 5.32 Å². The fourth-order valence-corrected chi connectivity index (χ4v) is 3.03. The number of fused-ring (bicyclic) bond motifs is 1. The van der Waals surface area contributed by atoms with Gasteiger partial charge in [-0.05, 0) is 31.4 Å². The molecule has 2 heterocycles. The first-order chi connectivity index (χ1) is 8.72. The number of aryl methyl sites for hydroxylation is 2. The van der Waals surface area contributed by atoms with Crippen LogP contribution in [0.5, 0.6) is 0 Å². The van der Waals surface area contributed by atoms with Crippen LogP contribution in [0, 0.1) is 0 Å². The molecule has 0 atom stereocenters. The summed E-state index contributed by atoms with van der Waals surface area (Å²) in [4.78, 5) is 20.6. The van der Waals surface area contributed by atoms with Gasteiger partial charge < -0.3 is 10.4 Å². The fourth-order valence-electron chi connectivity index (χ4n) is 1.98. The highest BCUT2D eigenvalue weighted by Crippen LogP contribution is 2.31. The van der Waals surface area contributed by atoms with Crippen molar-refractivity contribution in [3.63, 3.8) is 0 Å². The largest absolute Gasteiger partial charge is 0.477 e. The number of aromatic nitrogens is 2. The molecule has 5 nitrogen and oxygen atoms in total. The molecule has 0 aromatic carbocycles. The number of nitrogens with zero attached hydrogens (tertiary/aromatic N) is 2. The molecule has 2 N–H and O–H groups in total. The lowest BCUT2D eigenvalue weighted by Crippen LogP contribution is -2.02. The number of rotatable bonds is 3. The topological polar surface area (TPSA) is 75.1 Å². The van der Waals surface area contributed by atoms with E-state index in [1.165, 1.54) is 17.4 Å². The number of anilines is 2. The molecule has 0 spiro atoms. The van der Waals surface area contributed by atoms with Crippen molar-refractivity contribution < 1.29 is 9.90 Å². The Morgan fingerprint density at radius 2 is 2.22 bits per heavy atom. The van der Waals surface area contributed by atoms with Crippen molar-refractivity contribution in [2.45, 2.75) is 19.3 Å². The first kappa shape index (κ1) is 11.2. The summed E-state index contributed by atoms with van der Waals surface area (Å²) in [7, 11) is 0. The molecule has 0 saturated heterocycles. The molecule has 6 heteroatoms. The van der Waals surface area contributed by atoms with Crippen molar-refractivity contribution in [2.24, 2.45) is 0 Å². The van der Waals surface area contributed by atoms with Crippen molar-refractivity contribution in [3.8, 4) is 0 Å². The Hall–Kier alpha value is -1.95. The second kappa shape index (κ2) is 4.38. The SMILES string of the molecule is O=C(O)c1cccc(Nc2nc3c(s2)CCC3)n1. The van der Waals surface area contributed by atoms with Crippen LogP contribution in [0.25, 0.3) is 0 Å². The van der Waals surface area contributed by atoms with Gasteiger partial charge in [-0.1, -0.05) is 6.07 Å². The van der Waals surface area contributed by atoms with E-state index in [-0.39, 0.29) is 5.69 Å². The average molecular weight is 261 g/mol. The molecule has 18 heavy (non-hydrogen) atoms. The van der Waals surface area contributed by atoms with Gasteiger partial charge in [0.2, 0.25) is 0 Å². The predicted molar refractivity (Wildman–Crippen MR) is 68.6 cm³/mol. The normalized spacial score (nSPS) is 13.3. The maximum atomic E-state index is 10.8. The lowest BCUT2D eigenvalue weighted by molar-refractivity contribution is 0.0690. The standard InChI is InChI=1S/C12H11N3O2S/c16-11(17)8-4-2-6-10(13-8)15-12-14-7-3-1-5-9(7)18-12/h2,4,6H,1,3,5H2,(H,16,17)(H,13,14,15). The number of carbonyl (C=O) groups is 1. The van der Waals surface area contributed by atoms with Gasteiger partial charge in [0.1, 0.15) is 5.82 Å². The van der Waals surface area contributed by atoms with Crippen LogP contribution in [0.1, 0.15) is 27.5 Å². The van der Waals surface area contributed by atoms with Crippen LogP contribution >= 0.6 is 11.3 Å². The zero-order valence-electron chi connectivity index (χ0n) is 9.51. The van der Waals surface area contributed by atoms with Crippen LogP contribution < -0.4 is 5.32 Å². The van der Waals surface area contributed by atoms with Crippen molar-refractivity contribution in [3.05, 3.63) is 34.5 Å². The van der Waals surface area contributed by atoms with Crippen LogP contribution in [-0.4, -0.2) is 21.0 Å². The summed E-state index contributed by atoms with van der Waals surface area (Å²) in [6.45, 7) is 0. The van der Waals surface area contributed by atoms with Gasteiger partial charge in [0, 0.05) is 4.88 Å². The van der Waals surface area contributed by atoms with E-state index < -0.39 is 5.97 Å². The molecule has 0 saturated carbocycles. The number of hydrogen-bond acceptors (Lipinski definition) is 5. The number of aromatic carboxylic acids is 1. The van der Waals surface area contributed by atoms with Crippen molar-refractivity contribution in [1.82, 2.24) is 9.97 Å². The smallest absolute Gasteiger partial charge is 0.354 e. The minimum Gasteiger partial charge on any atom is -0.477 e. The summed E-state index contributed by atoms with van der Waals surface area (Å²) in [5.41, 5.74) is 1.20. The third-order valence-corrected chi connectivity index (χ3v) is 3.87. The van der Waals surface area contributed by atoms with Crippen LogP contribution in [0.15, 0.2) is 18.2 Å². The first-order valence-corrected chi connectivity index (χ1v) is 6.50. The minimum absolute atomic E-state index is 0.0316. The number of carboxylic acid groups (broad SMARTS) is 1. The van der Waals surface area contributed by atoms with E-state index >= 15 is 0 Å². The maximum Gasteiger partial charge on any atom is 0.354 e. The second-order valence-corrected chi connectivity index (χ2v) is 5.16. The van der Waals surface area contributed by atoms with E-state index in [0.717, 1.165) is 23.7 Å². The Labute approximate surface area is 108 Å². The quantitative estimate of drug-likeness (QED) is 0.887. The number of hydrogen-bond donors (Lipinski definition) is 2. The van der Waals surface area contributed by atoms with Crippen LogP contribution in [0.2, 0.25) is 0 Å². The summed E-state index contributed by atoms with van der Waals surface area (Å²) in [5.74, 6) is -0.511. The molecule has 0 bridgehead atoms. The van der Waals surface area contributed by atoms with E-state index in [1.54, 1.807) is 23.5 Å². The number of thiazole rings is 1.